The highest BCUT2D eigenvalue weighted by Crippen LogP contribution is 2.36. The van der Waals surface area contributed by atoms with Crippen LogP contribution in [0.5, 0.6) is 0 Å². The van der Waals surface area contributed by atoms with Crippen molar-refractivity contribution in [1.29, 1.82) is 0 Å². The Bertz CT molecular complexity index is 1570. The van der Waals surface area contributed by atoms with E-state index in [2.05, 4.69) is 24.9 Å². The van der Waals surface area contributed by atoms with Crippen LogP contribution in [0.25, 0.3) is 10.8 Å². The summed E-state index contributed by atoms with van der Waals surface area (Å²) in [6.45, 7) is 0. The zero-order chi connectivity index (χ0) is 23.6. The molecule has 0 fully saturated rings. The summed E-state index contributed by atoms with van der Waals surface area (Å²) in [5, 5.41) is 8.65. The predicted molar refractivity (Wildman–Crippen MR) is 122 cm³/mol. The van der Waals surface area contributed by atoms with Crippen molar-refractivity contribution in [3.63, 3.8) is 0 Å². The van der Waals surface area contributed by atoms with Crippen LogP contribution in [0.3, 0.4) is 0 Å². The summed E-state index contributed by atoms with van der Waals surface area (Å²) in [4.78, 5) is 7.28. The first-order valence-electron chi connectivity index (χ1n) is 9.24. The lowest BCUT2D eigenvalue weighted by Gasteiger charge is -2.09. The quantitative estimate of drug-likeness (QED) is 0.211. The van der Waals surface area contributed by atoms with Crippen molar-refractivity contribution >= 4 is 53.8 Å². The fraction of sp³-hybridized carbons (Fsp3) is 0. The van der Waals surface area contributed by atoms with Crippen LogP contribution in [-0.4, -0.2) is 31.4 Å². The van der Waals surface area contributed by atoms with Crippen molar-refractivity contribution in [2.24, 2.45) is 10.2 Å². The number of hydrogen-bond acceptors (Lipinski definition) is 9. The molecule has 4 aromatic rings. The molecule has 3 aromatic carbocycles. The minimum Gasteiger partial charge on any atom is -0.396 e. The van der Waals surface area contributed by atoms with Gasteiger partial charge < -0.3 is 5.73 Å². The van der Waals surface area contributed by atoms with Gasteiger partial charge in [0.2, 0.25) is 0 Å². The fourth-order valence-electron chi connectivity index (χ4n) is 3.00. The number of sulfonamides is 1. The van der Waals surface area contributed by atoms with E-state index in [1.807, 2.05) is 0 Å². The molecule has 0 radical (unpaired) electrons. The first-order valence-corrected chi connectivity index (χ1v) is 12.2. The molecule has 11 nitrogen and oxygen atoms in total. The number of nitrogens with one attached hydrogen (secondary N) is 1. The monoisotopic (exact) mass is 484 g/mol. The van der Waals surface area contributed by atoms with E-state index in [9.17, 15) is 21.4 Å². The molecule has 0 aliphatic rings. The van der Waals surface area contributed by atoms with E-state index in [0.717, 1.165) is 6.07 Å². The third-order valence-electron chi connectivity index (χ3n) is 4.53. The standard InChI is InChI=1S/C20H16N6O5S2/c21-20-16-4-2-1-3-15(16)18(33(29,30)31)11-17(20)25-24-13-5-7-14(8-6-13)32(27,28)26-19-12-22-9-10-23-19/h1-12H,21H2,(H,23,26)(H,29,30,31). The summed E-state index contributed by atoms with van der Waals surface area (Å²) in [5.74, 6) is 0.0719. The number of rotatable bonds is 6. The Morgan fingerprint density at radius 1 is 0.909 bits per heavy atom. The fourth-order valence-corrected chi connectivity index (χ4v) is 4.71. The molecular formula is C20H16N6O5S2. The Balaban J connectivity index is 1.64. The lowest BCUT2D eigenvalue weighted by molar-refractivity contribution is 0.484. The Hall–Kier alpha value is -3.94. The molecule has 0 unspecified atom stereocenters. The predicted octanol–water partition coefficient (Wildman–Crippen LogP) is 3.67. The first kappa shape index (κ1) is 22.3. The Kier molecular flexibility index (Phi) is 5.76. The summed E-state index contributed by atoms with van der Waals surface area (Å²) in [5.41, 5.74) is 6.61. The Labute approximate surface area is 188 Å². The highest BCUT2D eigenvalue weighted by molar-refractivity contribution is 7.92. The minimum absolute atomic E-state index is 0.0299. The molecule has 168 valence electrons. The second-order valence-electron chi connectivity index (χ2n) is 6.72. The Morgan fingerprint density at radius 2 is 1.61 bits per heavy atom. The summed E-state index contributed by atoms with van der Waals surface area (Å²) < 4.78 is 60.5. The second kappa shape index (κ2) is 8.54. The van der Waals surface area contributed by atoms with E-state index in [-0.39, 0.29) is 38.1 Å². The molecule has 0 amide bonds. The van der Waals surface area contributed by atoms with Gasteiger partial charge in [-0.05, 0) is 30.3 Å². The van der Waals surface area contributed by atoms with Crippen LogP contribution in [0, 0.1) is 0 Å². The zero-order valence-corrected chi connectivity index (χ0v) is 18.3. The molecule has 4 N–H and O–H groups in total. The number of hydrogen-bond donors (Lipinski definition) is 3. The largest absolute Gasteiger partial charge is 0.396 e. The number of azo groups is 1. The van der Waals surface area contributed by atoms with Crippen molar-refractivity contribution in [3.8, 4) is 0 Å². The van der Waals surface area contributed by atoms with Gasteiger partial charge in [0.25, 0.3) is 20.1 Å². The van der Waals surface area contributed by atoms with Gasteiger partial charge in [-0.1, -0.05) is 24.3 Å². The molecule has 4 rings (SSSR count). The SMILES string of the molecule is Nc1c(N=Nc2ccc(S(=O)(=O)Nc3cnccn3)cc2)cc(S(=O)(=O)O)c2ccccc12. The van der Waals surface area contributed by atoms with Gasteiger partial charge in [0.1, 0.15) is 10.6 Å². The van der Waals surface area contributed by atoms with Crippen LogP contribution in [0.1, 0.15) is 0 Å². The van der Waals surface area contributed by atoms with Crippen molar-refractivity contribution < 1.29 is 21.4 Å². The number of nitrogen functional groups attached to an aromatic ring is 1. The van der Waals surface area contributed by atoms with Crippen LogP contribution < -0.4 is 10.5 Å². The second-order valence-corrected chi connectivity index (χ2v) is 9.79. The number of aromatic nitrogens is 2. The molecule has 0 aliphatic carbocycles. The maximum Gasteiger partial charge on any atom is 0.295 e. The summed E-state index contributed by atoms with van der Waals surface area (Å²) in [6, 6.07) is 13.0. The molecule has 13 heteroatoms. The lowest BCUT2D eigenvalue weighted by Crippen LogP contribution is -2.13. The van der Waals surface area contributed by atoms with Crippen LogP contribution in [0.15, 0.2) is 93.2 Å². The zero-order valence-electron chi connectivity index (χ0n) is 16.7. The number of anilines is 2. The van der Waals surface area contributed by atoms with Gasteiger partial charge in [0.15, 0.2) is 5.82 Å². The molecule has 1 aromatic heterocycles. The van der Waals surface area contributed by atoms with Gasteiger partial charge >= 0.3 is 0 Å². The topological polar surface area (TPSA) is 177 Å². The van der Waals surface area contributed by atoms with Gasteiger partial charge in [0, 0.05) is 23.2 Å². The first-order chi connectivity index (χ1) is 15.6. The van der Waals surface area contributed by atoms with Gasteiger partial charge in [0.05, 0.1) is 22.5 Å². The molecule has 0 saturated carbocycles. The van der Waals surface area contributed by atoms with Gasteiger partial charge in [-0.3, -0.25) is 14.3 Å². The number of nitrogens with two attached hydrogens (primary N) is 1. The normalized spacial score (nSPS) is 12.3. The van der Waals surface area contributed by atoms with Crippen LogP contribution in [0.2, 0.25) is 0 Å². The maximum atomic E-state index is 12.5. The van der Waals surface area contributed by atoms with Crippen molar-refractivity contribution in [3.05, 3.63) is 73.2 Å². The van der Waals surface area contributed by atoms with Crippen LogP contribution in [0.4, 0.5) is 22.9 Å². The van der Waals surface area contributed by atoms with E-state index in [1.54, 1.807) is 18.2 Å². The average Bonchev–Trinajstić information content (AvgIpc) is 2.78. The molecule has 0 spiro atoms. The maximum absolute atomic E-state index is 12.5. The average molecular weight is 485 g/mol. The minimum atomic E-state index is -4.54. The van der Waals surface area contributed by atoms with E-state index in [4.69, 9.17) is 5.73 Å². The molecule has 0 saturated heterocycles. The highest BCUT2D eigenvalue weighted by Gasteiger charge is 2.18. The molecule has 0 aliphatic heterocycles. The van der Waals surface area contributed by atoms with Crippen molar-refractivity contribution in [2.75, 3.05) is 10.5 Å². The third kappa shape index (κ3) is 4.79. The number of benzene rings is 3. The summed E-state index contributed by atoms with van der Waals surface area (Å²) >= 11 is 0. The highest BCUT2D eigenvalue weighted by atomic mass is 32.2. The molecule has 1 heterocycles. The van der Waals surface area contributed by atoms with Gasteiger partial charge in [-0.2, -0.15) is 13.5 Å². The lowest BCUT2D eigenvalue weighted by atomic mass is 10.1. The van der Waals surface area contributed by atoms with Crippen molar-refractivity contribution in [1.82, 2.24) is 9.97 Å². The van der Waals surface area contributed by atoms with E-state index >= 15 is 0 Å². The van der Waals surface area contributed by atoms with Gasteiger partial charge in [-0.15, -0.1) is 5.11 Å². The molecule has 0 atom stereocenters. The third-order valence-corrected chi connectivity index (χ3v) is 6.79. The van der Waals surface area contributed by atoms with Crippen LogP contribution >= 0.6 is 0 Å². The van der Waals surface area contributed by atoms with E-state index < -0.39 is 20.1 Å². The van der Waals surface area contributed by atoms with E-state index in [1.165, 1.54) is 48.9 Å². The molecular weight excluding hydrogens is 468 g/mol. The number of nitrogens with zero attached hydrogens (tertiary/aromatic N) is 4. The van der Waals surface area contributed by atoms with Crippen molar-refractivity contribution in [2.45, 2.75) is 9.79 Å². The number of fused-ring (bicyclic) bond motifs is 1. The van der Waals surface area contributed by atoms with E-state index in [0.29, 0.717) is 5.39 Å². The van der Waals surface area contributed by atoms with Crippen LogP contribution in [-0.2, 0) is 20.1 Å². The van der Waals surface area contributed by atoms with Gasteiger partial charge in [-0.25, -0.2) is 13.4 Å². The molecule has 0 bridgehead atoms. The summed E-state index contributed by atoms with van der Waals surface area (Å²) in [7, 11) is -8.43. The molecule has 33 heavy (non-hydrogen) atoms. The smallest absolute Gasteiger partial charge is 0.295 e. The summed E-state index contributed by atoms with van der Waals surface area (Å²) in [6.07, 6.45) is 4.04. The Morgan fingerprint density at radius 3 is 2.24 bits per heavy atom.